The summed E-state index contributed by atoms with van der Waals surface area (Å²) in [6.07, 6.45) is 3.39. The van der Waals surface area contributed by atoms with Crippen LogP contribution >= 0.6 is 0 Å². The van der Waals surface area contributed by atoms with E-state index in [1.54, 1.807) is 0 Å². The maximum atomic E-state index is 12.3. The minimum atomic E-state index is -0.274. The van der Waals surface area contributed by atoms with Gasteiger partial charge in [-0.15, -0.1) is 0 Å². The third kappa shape index (κ3) is 3.93. The summed E-state index contributed by atoms with van der Waals surface area (Å²) in [6, 6.07) is 0.213. The van der Waals surface area contributed by atoms with Crippen LogP contribution in [0.4, 0.5) is 0 Å². The van der Waals surface area contributed by atoms with E-state index < -0.39 is 0 Å². The van der Waals surface area contributed by atoms with Crippen molar-refractivity contribution in [2.24, 2.45) is 5.92 Å². The number of carbonyl (C=O) groups excluding carboxylic acids is 2. The fourth-order valence-corrected chi connectivity index (χ4v) is 2.85. The highest BCUT2D eigenvalue weighted by atomic mass is 16.2. The molecular formula is C14H25N3O2. The second kappa shape index (κ2) is 6.37. The molecule has 108 valence electrons. The Balaban J connectivity index is 1.83. The molecule has 2 heterocycles. The molecule has 5 heteroatoms. The average molecular weight is 267 g/mol. The summed E-state index contributed by atoms with van der Waals surface area (Å²) in [4.78, 5) is 25.4. The van der Waals surface area contributed by atoms with Gasteiger partial charge in [0.1, 0.15) is 6.04 Å². The highest BCUT2D eigenvalue weighted by molar-refractivity contribution is 5.90. The van der Waals surface area contributed by atoms with Gasteiger partial charge in [-0.1, -0.05) is 13.8 Å². The van der Waals surface area contributed by atoms with Crippen molar-refractivity contribution in [2.75, 3.05) is 19.6 Å². The number of carbonyl (C=O) groups is 2. The van der Waals surface area contributed by atoms with Crippen molar-refractivity contribution in [3.05, 3.63) is 0 Å². The maximum Gasteiger partial charge on any atom is 0.245 e. The van der Waals surface area contributed by atoms with Crippen molar-refractivity contribution in [1.82, 2.24) is 15.5 Å². The Morgan fingerprint density at radius 1 is 1.47 bits per heavy atom. The zero-order chi connectivity index (χ0) is 13.8. The summed E-state index contributed by atoms with van der Waals surface area (Å²) >= 11 is 0. The van der Waals surface area contributed by atoms with Crippen LogP contribution in [0.1, 0.15) is 39.5 Å². The van der Waals surface area contributed by atoms with Gasteiger partial charge >= 0.3 is 0 Å². The molecule has 0 saturated carbocycles. The quantitative estimate of drug-likeness (QED) is 0.780. The van der Waals surface area contributed by atoms with E-state index in [0.29, 0.717) is 24.8 Å². The molecule has 2 aliphatic rings. The van der Waals surface area contributed by atoms with Gasteiger partial charge in [0.25, 0.3) is 0 Å². The van der Waals surface area contributed by atoms with E-state index >= 15 is 0 Å². The summed E-state index contributed by atoms with van der Waals surface area (Å²) in [5, 5.41) is 6.21. The molecule has 2 rings (SSSR count). The van der Waals surface area contributed by atoms with Crippen LogP contribution in [0.15, 0.2) is 0 Å². The minimum Gasteiger partial charge on any atom is -0.344 e. The highest BCUT2D eigenvalue weighted by Crippen LogP contribution is 2.19. The van der Waals surface area contributed by atoms with Gasteiger partial charge < -0.3 is 15.5 Å². The summed E-state index contributed by atoms with van der Waals surface area (Å²) in [5.41, 5.74) is 0. The molecule has 0 aromatic rings. The fraction of sp³-hybridized carbons (Fsp3) is 0.857. The molecule has 0 aromatic carbocycles. The molecular weight excluding hydrogens is 242 g/mol. The first-order chi connectivity index (χ1) is 9.06. The molecule has 0 aliphatic carbocycles. The monoisotopic (exact) mass is 267 g/mol. The number of nitrogens with zero attached hydrogens (tertiary/aromatic N) is 1. The van der Waals surface area contributed by atoms with Gasteiger partial charge in [0.15, 0.2) is 0 Å². The number of nitrogens with one attached hydrogen (secondary N) is 2. The zero-order valence-electron chi connectivity index (χ0n) is 11.9. The largest absolute Gasteiger partial charge is 0.344 e. The molecule has 2 fully saturated rings. The number of likely N-dealkylation sites (tertiary alicyclic amines) is 1. The van der Waals surface area contributed by atoms with Gasteiger partial charge in [0.2, 0.25) is 11.8 Å². The van der Waals surface area contributed by atoms with Crippen LogP contribution in [0.2, 0.25) is 0 Å². The van der Waals surface area contributed by atoms with Gasteiger partial charge in [-0.25, -0.2) is 0 Å². The van der Waals surface area contributed by atoms with Crippen molar-refractivity contribution < 1.29 is 9.59 Å². The van der Waals surface area contributed by atoms with E-state index in [4.69, 9.17) is 0 Å². The van der Waals surface area contributed by atoms with E-state index in [0.717, 1.165) is 26.1 Å². The predicted octanol–water partition coefficient (Wildman–Crippen LogP) is 0.502. The summed E-state index contributed by atoms with van der Waals surface area (Å²) in [5.74, 6) is 0.658. The molecule has 0 spiro atoms. The Morgan fingerprint density at radius 3 is 2.89 bits per heavy atom. The van der Waals surface area contributed by atoms with Gasteiger partial charge in [0.05, 0.1) is 0 Å². The van der Waals surface area contributed by atoms with Crippen LogP contribution in [-0.2, 0) is 9.59 Å². The lowest BCUT2D eigenvalue weighted by molar-refractivity contribution is -0.136. The Morgan fingerprint density at radius 2 is 2.26 bits per heavy atom. The smallest absolute Gasteiger partial charge is 0.245 e. The van der Waals surface area contributed by atoms with Crippen LogP contribution in [0.5, 0.6) is 0 Å². The lowest BCUT2D eigenvalue weighted by Gasteiger charge is -2.34. The normalized spacial score (nSPS) is 27.7. The van der Waals surface area contributed by atoms with Crippen LogP contribution in [0.25, 0.3) is 0 Å². The van der Waals surface area contributed by atoms with Crippen molar-refractivity contribution in [2.45, 2.75) is 51.6 Å². The van der Waals surface area contributed by atoms with Gasteiger partial charge in [-0.05, 0) is 31.7 Å². The second-order valence-corrected chi connectivity index (χ2v) is 6.01. The Bertz CT molecular complexity index is 344. The summed E-state index contributed by atoms with van der Waals surface area (Å²) < 4.78 is 0. The molecule has 1 unspecified atom stereocenters. The molecule has 2 N–H and O–H groups in total. The van der Waals surface area contributed by atoms with Crippen LogP contribution in [-0.4, -0.2) is 48.4 Å². The molecule has 0 aromatic heterocycles. The third-order valence-electron chi connectivity index (χ3n) is 3.94. The molecule has 2 atom stereocenters. The Labute approximate surface area is 115 Å². The van der Waals surface area contributed by atoms with E-state index in [9.17, 15) is 9.59 Å². The molecule has 2 amide bonds. The lowest BCUT2D eigenvalue weighted by Crippen LogP contribution is -2.49. The van der Waals surface area contributed by atoms with Crippen molar-refractivity contribution in [3.8, 4) is 0 Å². The predicted molar refractivity (Wildman–Crippen MR) is 73.6 cm³/mol. The Kier molecular flexibility index (Phi) is 4.80. The third-order valence-corrected chi connectivity index (χ3v) is 3.94. The molecule has 5 nitrogen and oxygen atoms in total. The van der Waals surface area contributed by atoms with Gasteiger partial charge in [-0.3, -0.25) is 9.59 Å². The number of amides is 2. The summed E-state index contributed by atoms with van der Waals surface area (Å²) in [6.45, 7) is 6.91. The average Bonchev–Trinajstić information content (AvgIpc) is 2.82. The topological polar surface area (TPSA) is 61.4 Å². The van der Waals surface area contributed by atoms with Crippen molar-refractivity contribution >= 4 is 11.8 Å². The van der Waals surface area contributed by atoms with Crippen molar-refractivity contribution in [1.29, 1.82) is 0 Å². The van der Waals surface area contributed by atoms with Crippen molar-refractivity contribution in [3.63, 3.8) is 0 Å². The minimum absolute atomic E-state index is 0.00776. The lowest BCUT2D eigenvalue weighted by atomic mass is 9.97. The molecule has 0 bridgehead atoms. The fourth-order valence-electron chi connectivity index (χ4n) is 2.85. The molecule has 0 radical (unpaired) electrons. The van der Waals surface area contributed by atoms with E-state index in [-0.39, 0.29) is 17.9 Å². The number of hydrogen-bond acceptors (Lipinski definition) is 3. The number of hydrogen-bond donors (Lipinski definition) is 2. The molecule has 2 saturated heterocycles. The molecule has 2 aliphatic heterocycles. The van der Waals surface area contributed by atoms with Crippen LogP contribution in [0, 0.1) is 5.92 Å². The van der Waals surface area contributed by atoms with Gasteiger partial charge in [-0.2, -0.15) is 0 Å². The van der Waals surface area contributed by atoms with E-state index in [1.165, 1.54) is 6.42 Å². The second-order valence-electron chi connectivity index (χ2n) is 6.01. The maximum absolute atomic E-state index is 12.3. The molecule has 19 heavy (non-hydrogen) atoms. The van der Waals surface area contributed by atoms with E-state index in [2.05, 4.69) is 24.5 Å². The standard InChI is InChI=1S/C14H25N3O2/c1-10(2)15-8-11-4-3-7-17(9-11)14(19)12-5-6-13(18)16-12/h10-12,15H,3-9H2,1-2H3,(H,16,18)/t11?,12-/m0/s1. The summed E-state index contributed by atoms with van der Waals surface area (Å²) in [7, 11) is 0. The Hall–Kier alpha value is -1.10. The number of piperidine rings is 1. The number of rotatable bonds is 4. The first-order valence-electron chi connectivity index (χ1n) is 7.38. The van der Waals surface area contributed by atoms with E-state index in [1.807, 2.05) is 4.90 Å². The van der Waals surface area contributed by atoms with Crippen LogP contribution < -0.4 is 10.6 Å². The zero-order valence-corrected chi connectivity index (χ0v) is 11.9. The van der Waals surface area contributed by atoms with Gasteiger partial charge in [0, 0.05) is 25.6 Å². The first-order valence-corrected chi connectivity index (χ1v) is 7.38. The first kappa shape index (κ1) is 14.3. The van der Waals surface area contributed by atoms with Crippen LogP contribution in [0.3, 0.4) is 0 Å². The SMILES string of the molecule is CC(C)NCC1CCCN(C(=O)[C@@H]2CCC(=O)N2)C1. The highest BCUT2D eigenvalue weighted by Gasteiger charge is 2.32.